The zero-order valence-electron chi connectivity index (χ0n) is 18.3. The van der Waals surface area contributed by atoms with Gasteiger partial charge in [-0.2, -0.15) is 0 Å². The molecule has 0 aliphatic carbocycles. The molecule has 0 saturated heterocycles. The fraction of sp³-hybridized carbons (Fsp3) is 0.500. The fourth-order valence-electron chi connectivity index (χ4n) is 3.43. The number of nitrogens with one attached hydrogen (secondary N) is 1. The average Bonchev–Trinajstić information content (AvgIpc) is 2.72. The first kappa shape index (κ1) is 27.8. The van der Waals surface area contributed by atoms with Crippen molar-refractivity contribution in [2.75, 3.05) is 4.72 Å². The van der Waals surface area contributed by atoms with E-state index in [-0.39, 0.29) is 32.3 Å². The SMILES string of the molecule is CCCCCCCCCCCCc1ccc(S(=O)(=O)Nc2ccc(F)cc2F)cc1.[Ti]. The minimum atomic E-state index is -3.92. The predicted octanol–water partition coefficient (Wildman–Crippen LogP) is 7.23. The van der Waals surface area contributed by atoms with Gasteiger partial charge < -0.3 is 0 Å². The zero-order chi connectivity index (χ0) is 21.8. The van der Waals surface area contributed by atoms with Crippen molar-refractivity contribution in [2.24, 2.45) is 0 Å². The number of sulfonamides is 1. The van der Waals surface area contributed by atoms with E-state index in [9.17, 15) is 17.2 Å². The number of hydrogen-bond donors (Lipinski definition) is 1. The minimum absolute atomic E-state index is 0. The van der Waals surface area contributed by atoms with Gasteiger partial charge in [0.05, 0.1) is 10.6 Å². The van der Waals surface area contributed by atoms with E-state index in [0.717, 1.165) is 30.5 Å². The Morgan fingerprint density at radius 2 is 1.32 bits per heavy atom. The van der Waals surface area contributed by atoms with Crippen molar-refractivity contribution in [1.82, 2.24) is 0 Å². The van der Waals surface area contributed by atoms with E-state index in [1.807, 2.05) is 0 Å². The molecule has 0 fully saturated rings. The topological polar surface area (TPSA) is 46.2 Å². The Bertz CT molecular complexity index is 874. The smallest absolute Gasteiger partial charge is 0.261 e. The van der Waals surface area contributed by atoms with Gasteiger partial charge in [0.15, 0.2) is 0 Å². The van der Waals surface area contributed by atoms with E-state index in [4.69, 9.17) is 0 Å². The summed E-state index contributed by atoms with van der Waals surface area (Å²) in [4.78, 5) is 0.0537. The van der Waals surface area contributed by atoms with E-state index < -0.39 is 21.7 Å². The molecule has 2 aromatic carbocycles. The molecule has 0 unspecified atom stereocenters. The monoisotopic (exact) mass is 485 g/mol. The van der Waals surface area contributed by atoms with Gasteiger partial charge in [0.25, 0.3) is 10.0 Å². The quantitative estimate of drug-likeness (QED) is 0.227. The van der Waals surface area contributed by atoms with Gasteiger partial charge >= 0.3 is 0 Å². The van der Waals surface area contributed by atoms with Crippen molar-refractivity contribution in [1.29, 1.82) is 0 Å². The molecular weight excluding hydrogens is 452 g/mol. The molecule has 0 aliphatic heterocycles. The van der Waals surface area contributed by atoms with Gasteiger partial charge in [0.2, 0.25) is 0 Å². The van der Waals surface area contributed by atoms with Crippen LogP contribution in [0.5, 0.6) is 0 Å². The second kappa shape index (κ2) is 14.8. The number of hydrogen-bond acceptors (Lipinski definition) is 2. The van der Waals surface area contributed by atoms with Crippen LogP contribution >= 0.6 is 0 Å². The van der Waals surface area contributed by atoms with Gasteiger partial charge in [0.1, 0.15) is 11.6 Å². The van der Waals surface area contributed by atoms with Crippen LogP contribution in [-0.2, 0) is 38.2 Å². The van der Waals surface area contributed by atoms with Crippen LogP contribution < -0.4 is 4.72 Å². The molecule has 1 N–H and O–H groups in total. The van der Waals surface area contributed by atoms with Gasteiger partial charge in [0, 0.05) is 27.8 Å². The number of halogens is 2. The van der Waals surface area contributed by atoms with E-state index in [1.165, 1.54) is 69.9 Å². The first-order chi connectivity index (χ1) is 14.4. The molecule has 7 heteroatoms. The van der Waals surface area contributed by atoms with Crippen molar-refractivity contribution in [3.8, 4) is 0 Å². The molecule has 0 amide bonds. The molecule has 0 aromatic heterocycles. The van der Waals surface area contributed by atoms with E-state index in [0.29, 0.717) is 6.07 Å². The third-order valence-corrected chi connectivity index (χ3v) is 6.61. The van der Waals surface area contributed by atoms with Crippen LogP contribution in [0.3, 0.4) is 0 Å². The second-order valence-electron chi connectivity index (χ2n) is 7.81. The third-order valence-electron chi connectivity index (χ3n) is 5.23. The number of unbranched alkanes of at least 4 members (excludes halogenated alkanes) is 9. The number of rotatable bonds is 14. The Kier molecular flexibility index (Phi) is 13.2. The Morgan fingerprint density at radius 1 is 0.774 bits per heavy atom. The van der Waals surface area contributed by atoms with Crippen molar-refractivity contribution in [3.63, 3.8) is 0 Å². The molecule has 0 heterocycles. The zero-order valence-corrected chi connectivity index (χ0v) is 20.7. The van der Waals surface area contributed by atoms with Crippen LogP contribution in [-0.4, -0.2) is 8.42 Å². The molecule has 0 bridgehead atoms. The first-order valence-corrected chi connectivity index (χ1v) is 12.5. The van der Waals surface area contributed by atoms with Crippen LogP contribution in [0.1, 0.15) is 76.7 Å². The largest absolute Gasteiger partial charge is 0.277 e. The Hall–Kier alpha value is -1.24. The van der Waals surface area contributed by atoms with Gasteiger partial charge in [-0.1, -0.05) is 76.8 Å². The summed E-state index contributed by atoms with van der Waals surface area (Å²) in [6.45, 7) is 2.23. The summed E-state index contributed by atoms with van der Waals surface area (Å²) in [5, 5.41) is 0. The molecule has 3 nitrogen and oxygen atoms in total. The predicted molar refractivity (Wildman–Crippen MR) is 119 cm³/mol. The van der Waals surface area contributed by atoms with Crippen LogP contribution in [0.25, 0.3) is 0 Å². The van der Waals surface area contributed by atoms with Gasteiger partial charge in [-0.05, 0) is 42.7 Å². The van der Waals surface area contributed by atoms with Crippen LogP contribution in [0.4, 0.5) is 14.5 Å². The summed E-state index contributed by atoms with van der Waals surface area (Å²) in [6.07, 6.45) is 13.7. The fourth-order valence-corrected chi connectivity index (χ4v) is 4.50. The Morgan fingerprint density at radius 3 is 1.87 bits per heavy atom. The van der Waals surface area contributed by atoms with Crippen molar-refractivity contribution < 1.29 is 38.9 Å². The van der Waals surface area contributed by atoms with Crippen LogP contribution in [0, 0.1) is 11.6 Å². The van der Waals surface area contributed by atoms with Gasteiger partial charge in [-0.15, -0.1) is 0 Å². The first-order valence-electron chi connectivity index (χ1n) is 11.0. The van der Waals surface area contributed by atoms with Crippen molar-refractivity contribution >= 4 is 15.7 Å². The van der Waals surface area contributed by atoms with Gasteiger partial charge in [-0.3, -0.25) is 4.72 Å². The van der Waals surface area contributed by atoms with E-state index in [2.05, 4.69) is 11.6 Å². The summed E-state index contributed by atoms with van der Waals surface area (Å²) in [7, 11) is -3.92. The maximum atomic E-state index is 13.7. The maximum absolute atomic E-state index is 13.7. The number of aryl methyl sites for hydroxylation is 1. The van der Waals surface area contributed by atoms with Crippen molar-refractivity contribution in [2.45, 2.75) is 82.4 Å². The summed E-state index contributed by atoms with van der Waals surface area (Å²) in [5.41, 5.74) is 0.812. The Balaban J connectivity index is 0.00000480. The molecule has 0 aliphatic rings. The molecule has 0 radical (unpaired) electrons. The summed E-state index contributed by atoms with van der Waals surface area (Å²) >= 11 is 0. The molecule has 0 saturated carbocycles. The third kappa shape index (κ3) is 10.3. The molecule has 0 spiro atoms. The number of anilines is 1. The Labute approximate surface area is 201 Å². The normalized spacial score (nSPS) is 11.2. The summed E-state index contributed by atoms with van der Waals surface area (Å²) in [6, 6.07) is 9.36. The molecule has 170 valence electrons. The van der Waals surface area contributed by atoms with E-state index >= 15 is 0 Å². The minimum Gasteiger partial charge on any atom is -0.277 e. The molecule has 2 aromatic rings. The standard InChI is InChI=1S/C24H33F2NO2S.Ti/c1-2-3-4-5-6-7-8-9-10-11-12-20-13-16-22(17-14-20)30(28,29)27-24-18-15-21(25)19-23(24)26;/h13-19,27H,2-12H2,1H3;. The summed E-state index contributed by atoms with van der Waals surface area (Å²) in [5.74, 6) is -1.71. The molecular formula is C24H33F2NO2STi. The average molecular weight is 485 g/mol. The van der Waals surface area contributed by atoms with E-state index in [1.54, 1.807) is 12.1 Å². The van der Waals surface area contributed by atoms with Crippen molar-refractivity contribution in [3.05, 3.63) is 59.7 Å². The van der Waals surface area contributed by atoms with Crippen LogP contribution in [0.2, 0.25) is 0 Å². The molecule has 31 heavy (non-hydrogen) atoms. The molecule has 2 rings (SSSR count). The second-order valence-corrected chi connectivity index (χ2v) is 9.49. The maximum Gasteiger partial charge on any atom is 0.261 e. The number of benzene rings is 2. The summed E-state index contributed by atoms with van der Waals surface area (Å²) < 4.78 is 53.7. The molecule has 0 atom stereocenters. The van der Waals surface area contributed by atoms with Gasteiger partial charge in [-0.25, -0.2) is 17.2 Å². The van der Waals surface area contributed by atoms with Crippen LogP contribution in [0.15, 0.2) is 47.4 Å².